The van der Waals surface area contributed by atoms with Gasteiger partial charge in [-0.2, -0.15) is 5.10 Å². The molecule has 1 atom stereocenters. The molecule has 7 nitrogen and oxygen atoms in total. The molecule has 0 aliphatic rings. The molecule has 0 radical (unpaired) electrons. The highest BCUT2D eigenvalue weighted by Crippen LogP contribution is 2.05. The van der Waals surface area contributed by atoms with Crippen LogP contribution < -0.4 is 5.32 Å². The largest absolute Gasteiger partial charge is 0.481 e. The monoisotopic (exact) mass is 288 g/mol. The van der Waals surface area contributed by atoms with Crippen molar-refractivity contribution in [3.8, 4) is 5.82 Å². The first-order valence-corrected chi connectivity index (χ1v) is 6.53. The summed E-state index contributed by atoms with van der Waals surface area (Å²) in [4.78, 5) is 26.8. The average Bonchev–Trinajstić information content (AvgIpc) is 2.98. The molecule has 2 aromatic rings. The number of pyridine rings is 1. The van der Waals surface area contributed by atoms with E-state index >= 15 is 0 Å². The summed E-state index contributed by atoms with van der Waals surface area (Å²) in [6, 6.07) is 6.84. The molecule has 0 aromatic carbocycles. The Balaban J connectivity index is 2.00. The van der Waals surface area contributed by atoms with Crippen LogP contribution in [-0.4, -0.2) is 38.3 Å². The maximum Gasteiger partial charge on any atom is 0.303 e. The molecule has 0 aliphatic heterocycles. The van der Waals surface area contributed by atoms with Crippen molar-refractivity contribution in [2.75, 3.05) is 6.54 Å². The Hall–Kier alpha value is -2.70. The highest BCUT2D eigenvalue weighted by Gasteiger charge is 2.12. The molecule has 0 saturated heterocycles. The highest BCUT2D eigenvalue weighted by atomic mass is 16.4. The van der Waals surface area contributed by atoms with E-state index in [-0.39, 0.29) is 23.9 Å². The van der Waals surface area contributed by atoms with Crippen LogP contribution in [0.1, 0.15) is 23.8 Å². The molecule has 2 N–H and O–H groups in total. The van der Waals surface area contributed by atoms with E-state index in [1.54, 1.807) is 48.3 Å². The minimum absolute atomic E-state index is 0.0149. The van der Waals surface area contributed by atoms with Crippen LogP contribution in [-0.2, 0) is 4.79 Å². The molecule has 1 amide bonds. The van der Waals surface area contributed by atoms with Gasteiger partial charge in [0.15, 0.2) is 5.82 Å². The molecule has 21 heavy (non-hydrogen) atoms. The smallest absolute Gasteiger partial charge is 0.303 e. The van der Waals surface area contributed by atoms with Crippen LogP contribution in [0.3, 0.4) is 0 Å². The predicted molar refractivity (Wildman–Crippen MR) is 75.1 cm³/mol. The van der Waals surface area contributed by atoms with Crippen molar-refractivity contribution in [1.82, 2.24) is 20.1 Å². The van der Waals surface area contributed by atoms with Crippen molar-refractivity contribution >= 4 is 11.9 Å². The van der Waals surface area contributed by atoms with Gasteiger partial charge in [-0.3, -0.25) is 9.59 Å². The Morgan fingerprint density at radius 2 is 2.19 bits per heavy atom. The fraction of sp³-hybridized carbons (Fsp3) is 0.286. The second-order valence-electron chi connectivity index (χ2n) is 4.74. The Kier molecular flexibility index (Phi) is 4.65. The Morgan fingerprint density at radius 3 is 2.86 bits per heavy atom. The third kappa shape index (κ3) is 4.13. The number of carboxylic acids is 1. The van der Waals surface area contributed by atoms with Gasteiger partial charge in [0, 0.05) is 25.4 Å². The number of rotatable bonds is 6. The molecular formula is C14H16N4O3. The molecule has 0 bridgehead atoms. The summed E-state index contributed by atoms with van der Waals surface area (Å²) in [5.74, 6) is -0.802. The lowest BCUT2D eigenvalue weighted by Gasteiger charge is -2.10. The van der Waals surface area contributed by atoms with Crippen LogP contribution in [0.15, 0.2) is 36.7 Å². The van der Waals surface area contributed by atoms with Crippen molar-refractivity contribution < 1.29 is 14.7 Å². The zero-order chi connectivity index (χ0) is 15.2. The summed E-state index contributed by atoms with van der Waals surface area (Å²) >= 11 is 0. The van der Waals surface area contributed by atoms with Crippen LogP contribution in [0.4, 0.5) is 0 Å². The van der Waals surface area contributed by atoms with E-state index in [1.165, 1.54) is 0 Å². The normalized spacial score (nSPS) is 11.9. The van der Waals surface area contributed by atoms with Gasteiger partial charge in [-0.05, 0) is 24.1 Å². The zero-order valence-corrected chi connectivity index (χ0v) is 11.6. The van der Waals surface area contributed by atoms with Crippen molar-refractivity contribution in [3.05, 3.63) is 42.4 Å². The number of carbonyl (C=O) groups excluding carboxylic acids is 1. The third-order valence-electron chi connectivity index (χ3n) is 2.84. The molecule has 110 valence electrons. The standard InChI is InChI=1S/C14H16N4O3/c1-10(8-13(19)20)9-15-14(21)11-4-2-5-12(17-11)18-7-3-6-16-18/h2-7,10H,8-9H2,1H3,(H,15,21)(H,19,20). The van der Waals surface area contributed by atoms with Gasteiger partial charge in [0.1, 0.15) is 5.69 Å². The molecule has 0 fully saturated rings. The molecule has 0 saturated carbocycles. The van der Waals surface area contributed by atoms with Crippen molar-refractivity contribution in [3.63, 3.8) is 0 Å². The minimum atomic E-state index is -0.879. The van der Waals surface area contributed by atoms with E-state index in [4.69, 9.17) is 5.11 Å². The Bertz CT molecular complexity index is 625. The van der Waals surface area contributed by atoms with Gasteiger partial charge < -0.3 is 10.4 Å². The van der Waals surface area contributed by atoms with Gasteiger partial charge in [-0.1, -0.05) is 13.0 Å². The molecule has 2 rings (SSSR count). The number of aliphatic carboxylic acids is 1. The molecule has 1 unspecified atom stereocenters. The lowest BCUT2D eigenvalue weighted by Crippen LogP contribution is -2.30. The number of hydrogen-bond acceptors (Lipinski definition) is 4. The fourth-order valence-electron chi connectivity index (χ4n) is 1.81. The van der Waals surface area contributed by atoms with Crippen LogP contribution in [0.5, 0.6) is 0 Å². The van der Waals surface area contributed by atoms with E-state index in [0.29, 0.717) is 12.4 Å². The SMILES string of the molecule is CC(CNC(=O)c1cccc(-n2cccn2)n1)CC(=O)O. The van der Waals surface area contributed by atoms with Crippen LogP contribution >= 0.6 is 0 Å². The first-order valence-electron chi connectivity index (χ1n) is 6.53. The first kappa shape index (κ1) is 14.7. The van der Waals surface area contributed by atoms with Crippen LogP contribution in [0.2, 0.25) is 0 Å². The quantitative estimate of drug-likeness (QED) is 0.829. The average molecular weight is 288 g/mol. The number of nitrogens with zero attached hydrogens (tertiary/aromatic N) is 3. The zero-order valence-electron chi connectivity index (χ0n) is 11.6. The van der Waals surface area contributed by atoms with E-state index < -0.39 is 5.97 Å². The molecule has 0 spiro atoms. The second-order valence-corrected chi connectivity index (χ2v) is 4.74. The lowest BCUT2D eigenvalue weighted by atomic mass is 10.1. The molecular weight excluding hydrogens is 272 g/mol. The number of carboxylic acid groups (broad SMARTS) is 1. The molecule has 0 aliphatic carbocycles. The summed E-state index contributed by atoms with van der Waals surface area (Å²) in [6.45, 7) is 2.06. The number of carbonyl (C=O) groups is 2. The predicted octanol–water partition coefficient (Wildman–Crippen LogP) is 1.11. The topological polar surface area (TPSA) is 97.1 Å². The fourth-order valence-corrected chi connectivity index (χ4v) is 1.81. The van der Waals surface area contributed by atoms with Crippen molar-refractivity contribution in [2.24, 2.45) is 5.92 Å². The van der Waals surface area contributed by atoms with Crippen molar-refractivity contribution in [2.45, 2.75) is 13.3 Å². The third-order valence-corrected chi connectivity index (χ3v) is 2.84. The van der Waals surface area contributed by atoms with Gasteiger partial charge in [-0.25, -0.2) is 9.67 Å². The highest BCUT2D eigenvalue weighted by molar-refractivity contribution is 5.92. The lowest BCUT2D eigenvalue weighted by molar-refractivity contribution is -0.137. The number of amides is 1. The van der Waals surface area contributed by atoms with E-state index in [0.717, 1.165) is 0 Å². The second kappa shape index (κ2) is 6.65. The summed E-state index contributed by atoms with van der Waals surface area (Å²) in [7, 11) is 0. The summed E-state index contributed by atoms with van der Waals surface area (Å²) in [6.07, 6.45) is 3.38. The van der Waals surface area contributed by atoms with E-state index in [1.807, 2.05) is 0 Å². The Morgan fingerprint density at radius 1 is 1.38 bits per heavy atom. The van der Waals surface area contributed by atoms with Crippen molar-refractivity contribution in [1.29, 1.82) is 0 Å². The van der Waals surface area contributed by atoms with Crippen LogP contribution in [0.25, 0.3) is 5.82 Å². The number of hydrogen-bond donors (Lipinski definition) is 2. The summed E-state index contributed by atoms with van der Waals surface area (Å²) < 4.78 is 1.56. The molecule has 7 heteroatoms. The molecule has 2 aromatic heterocycles. The van der Waals surface area contributed by atoms with Gasteiger partial charge in [-0.15, -0.1) is 0 Å². The number of nitrogens with one attached hydrogen (secondary N) is 1. The van der Waals surface area contributed by atoms with Crippen LogP contribution in [0, 0.1) is 5.92 Å². The Labute approximate surface area is 121 Å². The van der Waals surface area contributed by atoms with Gasteiger partial charge in [0.05, 0.1) is 0 Å². The van der Waals surface area contributed by atoms with Gasteiger partial charge >= 0.3 is 5.97 Å². The maximum atomic E-state index is 12.0. The minimum Gasteiger partial charge on any atom is -0.481 e. The van der Waals surface area contributed by atoms with E-state index in [9.17, 15) is 9.59 Å². The first-order chi connectivity index (χ1) is 10.1. The summed E-state index contributed by atoms with van der Waals surface area (Å²) in [5, 5.41) is 15.4. The van der Waals surface area contributed by atoms with Gasteiger partial charge in [0.25, 0.3) is 5.91 Å². The molecule has 2 heterocycles. The van der Waals surface area contributed by atoms with E-state index in [2.05, 4.69) is 15.4 Å². The van der Waals surface area contributed by atoms with Gasteiger partial charge in [0.2, 0.25) is 0 Å². The number of aromatic nitrogens is 3. The maximum absolute atomic E-state index is 12.0. The summed E-state index contributed by atoms with van der Waals surface area (Å²) in [5.41, 5.74) is 0.269.